The quantitative estimate of drug-likeness (QED) is 0.239. The second-order valence-electron chi connectivity index (χ2n) is 10.5. The lowest BCUT2D eigenvalue weighted by Crippen LogP contribution is -2.14. The molecule has 8 rings (SSSR count). The second-order valence-corrected chi connectivity index (χ2v) is 10.5. The van der Waals surface area contributed by atoms with Crippen LogP contribution in [0.3, 0.4) is 0 Å². The summed E-state index contributed by atoms with van der Waals surface area (Å²) in [6.45, 7) is 4.71. The van der Waals surface area contributed by atoms with E-state index in [0.29, 0.717) is 0 Å². The van der Waals surface area contributed by atoms with Gasteiger partial charge in [0.05, 0.1) is 11.0 Å². The Morgan fingerprint density at radius 1 is 0.583 bits per heavy atom. The Kier molecular flexibility index (Phi) is 3.76. The van der Waals surface area contributed by atoms with Crippen molar-refractivity contribution in [1.29, 1.82) is 0 Å². The normalized spacial score (nSPS) is 14.1. The Morgan fingerprint density at radius 3 is 2.19 bits per heavy atom. The Bertz CT molecular complexity index is 2020. The molecule has 0 spiro atoms. The van der Waals surface area contributed by atoms with Crippen molar-refractivity contribution < 1.29 is 0 Å². The van der Waals surface area contributed by atoms with Gasteiger partial charge in [-0.2, -0.15) is 0 Å². The van der Waals surface area contributed by atoms with Gasteiger partial charge in [0.25, 0.3) is 0 Å². The van der Waals surface area contributed by atoms with E-state index in [4.69, 9.17) is 0 Å². The highest BCUT2D eigenvalue weighted by Crippen LogP contribution is 2.51. The predicted octanol–water partition coefficient (Wildman–Crippen LogP) is 8.79. The van der Waals surface area contributed by atoms with Crippen molar-refractivity contribution in [3.05, 3.63) is 121 Å². The van der Waals surface area contributed by atoms with Crippen LogP contribution in [0.2, 0.25) is 0 Å². The van der Waals surface area contributed by atoms with Gasteiger partial charge >= 0.3 is 0 Å². The van der Waals surface area contributed by atoms with Crippen molar-refractivity contribution in [2.75, 3.05) is 0 Å². The number of hydrogen-bond donors (Lipinski definition) is 0. The number of aromatic nitrogens is 2. The fourth-order valence-corrected chi connectivity index (χ4v) is 6.38. The van der Waals surface area contributed by atoms with Gasteiger partial charge in [-0.15, -0.1) is 0 Å². The molecule has 2 heteroatoms. The Balaban J connectivity index is 1.55. The van der Waals surface area contributed by atoms with Gasteiger partial charge in [0.2, 0.25) is 0 Å². The fourth-order valence-electron chi connectivity index (χ4n) is 6.38. The van der Waals surface area contributed by atoms with Crippen molar-refractivity contribution in [2.24, 2.45) is 0 Å². The maximum Gasteiger partial charge on any atom is 0.0547 e. The van der Waals surface area contributed by atoms with Crippen molar-refractivity contribution in [3.8, 4) is 16.8 Å². The summed E-state index contributed by atoms with van der Waals surface area (Å²) in [6.07, 6.45) is 3.81. The molecule has 0 amide bonds. The van der Waals surface area contributed by atoms with E-state index in [9.17, 15) is 0 Å². The molecule has 0 saturated heterocycles. The second kappa shape index (κ2) is 6.83. The van der Waals surface area contributed by atoms with Gasteiger partial charge in [-0.1, -0.05) is 68.4 Å². The largest absolute Gasteiger partial charge is 0.309 e. The van der Waals surface area contributed by atoms with Crippen molar-refractivity contribution >= 4 is 43.4 Å². The number of nitrogens with zero attached hydrogens (tertiary/aromatic N) is 2. The van der Waals surface area contributed by atoms with Crippen molar-refractivity contribution in [1.82, 2.24) is 9.55 Å². The van der Waals surface area contributed by atoms with Gasteiger partial charge < -0.3 is 4.57 Å². The average molecular weight is 461 g/mol. The predicted molar refractivity (Wildman–Crippen MR) is 151 cm³/mol. The van der Waals surface area contributed by atoms with Gasteiger partial charge in [0.1, 0.15) is 0 Å². The van der Waals surface area contributed by atoms with Crippen LogP contribution >= 0.6 is 0 Å². The highest BCUT2D eigenvalue weighted by atomic mass is 15.0. The standard InChI is InChI=1S/C34H24N2/c1-34(2)30-10-6-5-9-26(30)27-19-33-29(18-31(27)34)28-16-21-7-3-4-8-22(21)17-32(28)36(33)25-12-11-24-20-35-14-13-23(24)15-25/h3-20H,1-2H3. The SMILES string of the molecule is CC1(C)c2ccccc2-c2cc3c(cc21)c1cc2ccccc2cc1n3-c1ccc2cnccc2c1. The minimum absolute atomic E-state index is 0.0265. The maximum atomic E-state index is 4.31. The highest BCUT2D eigenvalue weighted by molar-refractivity contribution is 6.15. The Hall–Kier alpha value is -4.43. The van der Waals surface area contributed by atoms with Gasteiger partial charge in [0, 0.05) is 39.7 Å². The lowest BCUT2D eigenvalue weighted by molar-refractivity contribution is 0.661. The molecule has 0 fully saturated rings. The van der Waals surface area contributed by atoms with E-state index in [1.165, 1.54) is 65.9 Å². The van der Waals surface area contributed by atoms with E-state index in [2.05, 4.69) is 120 Å². The molecule has 1 aliphatic rings. The monoisotopic (exact) mass is 460 g/mol. The average Bonchev–Trinajstić information content (AvgIpc) is 3.34. The number of pyridine rings is 1. The highest BCUT2D eigenvalue weighted by Gasteiger charge is 2.36. The van der Waals surface area contributed by atoms with Crippen LogP contribution in [-0.2, 0) is 5.41 Å². The summed E-state index contributed by atoms with van der Waals surface area (Å²) in [6, 6.07) is 36.0. The molecule has 0 unspecified atom stereocenters. The van der Waals surface area contributed by atoms with Crippen LogP contribution in [0, 0.1) is 0 Å². The minimum Gasteiger partial charge on any atom is -0.309 e. The van der Waals surface area contributed by atoms with Crippen LogP contribution < -0.4 is 0 Å². The fraction of sp³-hybridized carbons (Fsp3) is 0.0882. The van der Waals surface area contributed by atoms with Crippen molar-refractivity contribution in [2.45, 2.75) is 19.3 Å². The molecule has 0 atom stereocenters. The lowest BCUT2D eigenvalue weighted by Gasteiger charge is -2.21. The number of rotatable bonds is 1. The Labute approximate surface area is 209 Å². The van der Waals surface area contributed by atoms with Gasteiger partial charge in [-0.3, -0.25) is 4.98 Å². The van der Waals surface area contributed by atoms with E-state index >= 15 is 0 Å². The number of hydrogen-bond acceptors (Lipinski definition) is 1. The van der Waals surface area contributed by atoms with E-state index in [-0.39, 0.29) is 5.41 Å². The third-order valence-corrected chi connectivity index (χ3v) is 8.22. The zero-order valence-electron chi connectivity index (χ0n) is 20.3. The maximum absolute atomic E-state index is 4.31. The van der Waals surface area contributed by atoms with Crippen LogP contribution in [0.4, 0.5) is 0 Å². The molecule has 2 aromatic heterocycles. The molecule has 0 aliphatic heterocycles. The zero-order chi connectivity index (χ0) is 24.0. The smallest absolute Gasteiger partial charge is 0.0547 e. The topological polar surface area (TPSA) is 17.8 Å². The summed E-state index contributed by atoms with van der Waals surface area (Å²) in [4.78, 5) is 4.31. The van der Waals surface area contributed by atoms with Crippen LogP contribution in [0.15, 0.2) is 109 Å². The van der Waals surface area contributed by atoms with E-state index in [1.807, 2.05) is 12.4 Å². The molecule has 1 aliphatic carbocycles. The summed E-state index contributed by atoms with van der Waals surface area (Å²) < 4.78 is 2.45. The Morgan fingerprint density at radius 2 is 1.31 bits per heavy atom. The number of fused-ring (bicyclic) bond motifs is 8. The van der Waals surface area contributed by atoms with Gasteiger partial charge in [-0.05, 0) is 80.9 Å². The van der Waals surface area contributed by atoms with E-state index < -0.39 is 0 Å². The molecule has 5 aromatic carbocycles. The summed E-state index contributed by atoms with van der Waals surface area (Å²) in [5, 5.41) is 7.50. The first kappa shape index (κ1) is 19.8. The molecule has 0 N–H and O–H groups in total. The molecule has 2 heterocycles. The molecule has 0 bridgehead atoms. The van der Waals surface area contributed by atoms with Crippen LogP contribution in [-0.4, -0.2) is 9.55 Å². The summed E-state index contributed by atoms with van der Waals surface area (Å²) >= 11 is 0. The first-order valence-electron chi connectivity index (χ1n) is 12.6. The third-order valence-electron chi connectivity index (χ3n) is 8.22. The molecule has 36 heavy (non-hydrogen) atoms. The first-order chi connectivity index (χ1) is 17.6. The van der Waals surface area contributed by atoms with E-state index in [0.717, 1.165) is 5.39 Å². The summed E-state index contributed by atoms with van der Waals surface area (Å²) in [7, 11) is 0. The van der Waals surface area contributed by atoms with Gasteiger partial charge in [-0.25, -0.2) is 0 Å². The molecular weight excluding hydrogens is 436 g/mol. The van der Waals surface area contributed by atoms with Gasteiger partial charge in [0.15, 0.2) is 0 Å². The van der Waals surface area contributed by atoms with Crippen LogP contribution in [0.1, 0.15) is 25.0 Å². The number of benzene rings is 5. The third kappa shape index (κ3) is 2.54. The molecule has 170 valence electrons. The molecule has 0 saturated carbocycles. The summed E-state index contributed by atoms with van der Waals surface area (Å²) in [5.41, 5.74) is 9.16. The van der Waals surface area contributed by atoms with Crippen molar-refractivity contribution in [3.63, 3.8) is 0 Å². The van der Waals surface area contributed by atoms with E-state index in [1.54, 1.807) is 0 Å². The first-order valence-corrected chi connectivity index (χ1v) is 12.6. The summed E-state index contributed by atoms with van der Waals surface area (Å²) in [5.74, 6) is 0. The minimum atomic E-state index is -0.0265. The lowest BCUT2D eigenvalue weighted by atomic mass is 9.82. The van der Waals surface area contributed by atoms with Crippen LogP contribution in [0.5, 0.6) is 0 Å². The molecule has 7 aromatic rings. The molecular formula is C34H24N2. The molecule has 2 nitrogen and oxygen atoms in total. The van der Waals surface area contributed by atoms with Crippen LogP contribution in [0.25, 0.3) is 60.2 Å². The zero-order valence-corrected chi connectivity index (χ0v) is 20.3. The molecule has 0 radical (unpaired) electrons.